The molecule has 0 fully saturated rings. The number of halogens is 1. The molecule has 3 aromatic rings. The highest BCUT2D eigenvalue weighted by Gasteiger charge is 2.28. The lowest BCUT2D eigenvalue weighted by molar-refractivity contribution is -0.122. The van der Waals surface area contributed by atoms with Gasteiger partial charge in [-0.05, 0) is 57.0 Å². The van der Waals surface area contributed by atoms with Crippen LogP contribution in [0.4, 0.5) is 10.1 Å². The maximum absolute atomic E-state index is 14.4. The van der Waals surface area contributed by atoms with E-state index in [9.17, 15) is 9.18 Å². The summed E-state index contributed by atoms with van der Waals surface area (Å²) in [5, 5.41) is 3.36. The van der Waals surface area contributed by atoms with Crippen LogP contribution in [0.1, 0.15) is 36.3 Å². The number of anilines is 1. The van der Waals surface area contributed by atoms with Crippen LogP contribution in [0.15, 0.2) is 51.5 Å². The number of hydrogen-bond donors (Lipinski definition) is 1. The van der Waals surface area contributed by atoms with Crippen molar-refractivity contribution < 1.29 is 18.3 Å². The molecule has 1 atom stereocenters. The number of nitrogens with zero attached hydrogens (tertiary/aromatic N) is 1. The summed E-state index contributed by atoms with van der Waals surface area (Å²) in [6.07, 6.45) is 1.90. The number of benzene rings is 2. The van der Waals surface area contributed by atoms with E-state index in [4.69, 9.17) is 9.15 Å². The van der Waals surface area contributed by atoms with Crippen LogP contribution in [-0.4, -0.2) is 17.7 Å². The minimum atomic E-state index is -0.575. The molecule has 2 aliphatic heterocycles. The number of allylic oxidation sites excluding steroid dienone is 1. The Morgan fingerprint density at radius 2 is 2.07 bits per heavy atom. The quantitative estimate of drug-likeness (QED) is 0.643. The van der Waals surface area contributed by atoms with Gasteiger partial charge in [-0.3, -0.25) is 9.79 Å². The maximum Gasteiger partial charge on any atom is 0.265 e. The molecule has 1 aromatic heterocycles. The predicted molar refractivity (Wildman–Crippen MR) is 109 cm³/mol. The van der Waals surface area contributed by atoms with Crippen LogP contribution >= 0.6 is 0 Å². The van der Waals surface area contributed by atoms with Gasteiger partial charge in [-0.2, -0.15) is 0 Å². The summed E-state index contributed by atoms with van der Waals surface area (Å²) >= 11 is 0. The monoisotopic (exact) mass is 390 g/mol. The third kappa shape index (κ3) is 2.75. The Morgan fingerprint density at radius 3 is 2.86 bits per heavy atom. The van der Waals surface area contributed by atoms with E-state index in [1.165, 1.54) is 6.07 Å². The molecule has 6 heteroatoms. The molecule has 2 aromatic carbocycles. The summed E-state index contributed by atoms with van der Waals surface area (Å²) in [6, 6.07) is 8.61. The van der Waals surface area contributed by atoms with Crippen LogP contribution in [0.25, 0.3) is 11.0 Å². The number of carbonyl (C=O) groups is 1. The minimum absolute atomic E-state index is 0.171. The van der Waals surface area contributed by atoms with Crippen molar-refractivity contribution in [2.45, 2.75) is 33.3 Å². The Bertz CT molecular complexity index is 1250. The van der Waals surface area contributed by atoms with Crippen LogP contribution in [0.3, 0.4) is 0 Å². The van der Waals surface area contributed by atoms with Gasteiger partial charge in [0, 0.05) is 17.3 Å². The molecule has 0 radical (unpaired) electrons. The highest BCUT2D eigenvalue weighted by Crippen LogP contribution is 2.37. The van der Waals surface area contributed by atoms with Crippen molar-refractivity contribution in [2.75, 3.05) is 5.32 Å². The number of carbonyl (C=O) groups excluding carboxylic acids is 1. The van der Waals surface area contributed by atoms with E-state index in [1.807, 2.05) is 26.0 Å². The largest absolute Gasteiger partial charge is 0.479 e. The van der Waals surface area contributed by atoms with Gasteiger partial charge >= 0.3 is 0 Å². The van der Waals surface area contributed by atoms with Crippen molar-refractivity contribution in [3.63, 3.8) is 0 Å². The van der Waals surface area contributed by atoms with Gasteiger partial charge in [0.05, 0.1) is 11.1 Å². The van der Waals surface area contributed by atoms with Crippen LogP contribution in [-0.2, 0) is 11.2 Å². The van der Waals surface area contributed by atoms with Crippen molar-refractivity contribution in [3.8, 4) is 5.75 Å². The highest BCUT2D eigenvalue weighted by atomic mass is 19.1. The third-order valence-electron chi connectivity index (χ3n) is 5.39. The number of aryl methyl sites for hydroxylation is 1. The first-order chi connectivity index (χ1) is 13.9. The SMILES string of the molecule is CC1=CN=C(c2oc3cccc(F)c3c2C)c2cc3c(cc2C1)NC(=O)C(C)O3. The van der Waals surface area contributed by atoms with Gasteiger partial charge in [0.15, 0.2) is 11.9 Å². The molecule has 2 aliphatic rings. The van der Waals surface area contributed by atoms with Crippen LogP contribution in [0, 0.1) is 12.7 Å². The lowest BCUT2D eigenvalue weighted by Gasteiger charge is -2.25. The Labute approximate surface area is 166 Å². The number of ether oxygens (including phenoxy) is 1. The molecule has 0 saturated carbocycles. The van der Waals surface area contributed by atoms with E-state index in [0.29, 0.717) is 45.9 Å². The first kappa shape index (κ1) is 17.7. The van der Waals surface area contributed by atoms with Crippen LogP contribution in [0.5, 0.6) is 5.75 Å². The summed E-state index contributed by atoms with van der Waals surface area (Å²) in [7, 11) is 0. The second kappa shape index (κ2) is 6.30. The molecule has 0 aliphatic carbocycles. The van der Waals surface area contributed by atoms with Gasteiger partial charge < -0.3 is 14.5 Å². The fraction of sp³-hybridized carbons (Fsp3) is 0.217. The van der Waals surface area contributed by atoms with Gasteiger partial charge in [-0.25, -0.2) is 4.39 Å². The second-order valence-electron chi connectivity index (χ2n) is 7.55. The number of hydrogen-bond acceptors (Lipinski definition) is 4. The number of fused-ring (bicyclic) bond motifs is 3. The van der Waals surface area contributed by atoms with Crippen LogP contribution in [0.2, 0.25) is 0 Å². The van der Waals surface area contributed by atoms with E-state index < -0.39 is 6.10 Å². The topological polar surface area (TPSA) is 63.8 Å². The molecule has 3 heterocycles. The number of furan rings is 1. The summed E-state index contributed by atoms with van der Waals surface area (Å²) in [4.78, 5) is 16.7. The first-order valence-electron chi connectivity index (χ1n) is 9.48. The second-order valence-corrected chi connectivity index (χ2v) is 7.55. The average Bonchev–Trinajstić information content (AvgIpc) is 2.92. The molecule has 1 unspecified atom stereocenters. The van der Waals surface area contributed by atoms with E-state index in [0.717, 1.165) is 16.7 Å². The van der Waals surface area contributed by atoms with Gasteiger partial charge in [-0.1, -0.05) is 11.6 Å². The zero-order valence-corrected chi connectivity index (χ0v) is 16.3. The van der Waals surface area contributed by atoms with Crippen molar-refractivity contribution >= 4 is 28.3 Å². The fourth-order valence-corrected chi connectivity index (χ4v) is 3.92. The Hall–Kier alpha value is -3.41. The van der Waals surface area contributed by atoms with E-state index in [-0.39, 0.29) is 11.7 Å². The molecule has 29 heavy (non-hydrogen) atoms. The Balaban J connectivity index is 1.74. The molecule has 1 N–H and O–H groups in total. The molecule has 0 saturated heterocycles. The standard InChI is InChI=1S/C23H19FN2O3/c1-11-7-14-8-17-19(28-13(3)23(27)26-17)9-15(14)21(25-10-11)22-12(2)20-16(24)5-4-6-18(20)29-22/h4-6,8-10,13H,7H2,1-3H3,(H,26,27). The molecule has 146 valence electrons. The average molecular weight is 390 g/mol. The van der Waals surface area contributed by atoms with Crippen molar-refractivity contribution in [2.24, 2.45) is 4.99 Å². The number of rotatable bonds is 1. The van der Waals surface area contributed by atoms with E-state index in [2.05, 4.69) is 10.3 Å². The van der Waals surface area contributed by atoms with Crippen molar-refractivity contribution in [1.82, 2.24) is 0 Å². The number of nitrogens with one attached hydrogen (secondary N) is 1. The molecule has 5 rings (SSSR count). The lowest BCUT2D eigenvalue weighted by Crippen LogP contribution is -2.34. The zero-order valence-electron chi connectivity index (χ0n) is 16.3. The van der Waals surface area contributed by atoms with Crippen LogP contribution < -0.4 is 10.1 Å². The normalized spacial score (nSPS) is 18.2. The summed E-state index contributed by atoms with van der Waals surface area (Å²) in [5.41, 5.74) is 5.37. The Morgan fingerprint density at radius 1 is 1.24 bits per heavy atom. The summed E-state index contributed by atoms with van der Waals surface area (Å²) in [6.45, 7) is 5.54. The predicted octanol–water partition coefficient (Wildman–Crippen LogP) is 4.90. The van der Waals surface area contributed by atoms with E-state index in [1.54, 1.807) is 25.3 Å². The third-order valence-corrected chi connectivity index (χ3v) is 5.39. The molecular formula is C23H19FN2O3. The molecule has 0 bridgehead atoms. The van der Waals surface area contributed by atoms with Gasteiger partial charge in [-0.15, -0.1) is 0 Å². The lowest BCUT2D eigenvalue weighted by atomic mass is 9.94. The van der Waals surface area contributed by atoms with Gasteiger partial charge in [0.25, 0.3) is 5.91 Å². The molecule has 1 amide bonds. The first-order valence-corrected chi connectivity index (χ1v) is 9.48. The zero-order chi connectivity index (χ0) is 20.3. The highest BCUT2D eigenvalue weighted by molar-refractivity contribution is 6.16. The summed E-state index contributed by atoms with van der Waals surface area (Å²) in [5.74, 6) is 0.630. The Kier molecular flexibility index (Phi) is 3.84. The summed E-state index contributed by atoms with van der Waals surface area (Å²) < 4.78 is 26.2. The van der Waals surface area contributed by atoms with Crippen molar-refractivity contribution in [3.05, 3.63) is 70.4 Å². The molecule has 5 nitrogen and oxygen atoms in total. The number of aliphatic imine (C=N–C) groups is 1. The van der Waals surface area contributed by atoms with Gasteiger partial charge in [0.2, 0.25) is 0 Å². The fourth-order valence-electron chi connectivity index (χ4n) is 3.92. The van der Waals surface area contributed by atoms with E-state index >= 15 is 0 Å². The minimum Gasteiger partial charge on any atom is -0.479 e. The van der Waals surface area contributed by atoms with Crippen molar-refractivity contribution in [1.29, 1.82) is 0 Å². The molecule has 0 spiro atoms. The van der Waals surface area contributed by atoms with Gasteiger partial charge in [0.1, 0.15) is 22.9 Å². The molecular weight excluding hydrogens is 371 g/mol. The smallest absolute Gasteiger partial charge is 0.265 e. The maximum atomic E-state index is 14.4. The number of amides is 1.